The fourth-order valence-corrected chi connectivity index (χ4v) is 3.00. The number of hydrogen-bond donors (Lipinski definition) is 1. The third kappa shape index (κ3) is 3.74. The van der Waals surface area contributed by atoms with Crippen LogP contribution < -0.4 is 10.9 Å². The lowest BCUT2D eigenvalue weighted by molar-refractivity contribution is 0.358. The monoisotopic (exact) mass is 287 g/mol. The van der Waals surface area contributed by atoms with Gasteiger partial charge in [0.2, 0.25) is 0 Å². The van der Waals surface area contributed by atoms with Crippen molar-refractivity contribution in [3.05, 3.63) is 33.7 Å². The molecule has 0 spiro atoms. The first-order valence-electron chi connectivity index (χ1n) is 7.81. The van der Waals surface area contributed by atoms with E-state index in [4.69, 9.17) is 5.26 Å². The second-order valence-corrected chi connectivity index (χ2v) is 6.89. The van der Waals surface area contributed by atoms with Crippen molar-refractivity contribution in [1.29, 1.82) is 5.26 Å². The van der Waals surface area contributed by atoms with Crippen LogP contribution in [0.4, 0.5) is 0 Å². The molecule has 0 aromatic carbocycles. The molecule has 1 unspecified atom stereocenters. The van der Waals surface area contributed by atoms with Gasteiger partial charge in [0.1, 0.15) is 11.6 Å². The summed E-state index contributed by atoms with van der Waals surface area (Å²) in [5, 5.41) is 12.6. The Morgan fingerprint density at radius 3 is 2.71 bits per heavy atom. The molecule has 21 heavy (non-hydrogen) atoms. The van der Waals surface area contributed by atoms with Gasteiger partial charge in [-0.1, -0.05) is 27.2 Å². The van der Waals surface area contributed by atoms with E-state index in [1.54, 1.807) is 10.6 Å². The smallest absolute Gasteiger partial charge is 0.268 e. The minimum absolute atomic E-state index is 0.104. The molecule has 114 valence electrons. The van der Waals surface area contributed by atoms with Crippen molar-refractivity contribution in [2.75, 3.05) is 6.54 Å². The van der Waals surface area contributed by atoms with Crippen LogP contribution in [-0.2, 0) is 12.0 Å². The van der Waals surface area contributed by atoms with E-state index in [-0.39, 0.29) is 16.5 Å². The summed E-state index contributed by atoms with van der Waals surface area (Å²) in [6, 6.07) is 6.07. The Balaban J connectivity index is 2.27. The molecule has 1 fully saturated rings. The molecule has 1 aliphatic rings. The number of hydrogen-bond acceptors (Lipinski definition) is 3. The van der Waals surface area contributed by atoms with Crippen LogP contribution in [0.15, 0.2) is 16.9 Å². The topological polar surface area (TPSA) is 57.8 Å². The van der Waals surface area contributed by atoms with Gasteiger partial charge in [0.25, 0.3) is 5.56 Å². The molecule has 1 aliphatic heterocycles. The maximum atomic E-state index is 12.5. The van der Waals surface area contributed by atoms with Gasteiger partial charge in [-0.2, -0.15) is 5.26 Å². The molecule has 0 amide bonds. The number of pyridine rings is 1. The van der Waals surface area contributed by atoms with Crippen LogP contribution in [0.3, 0.4) is 0 Å². The van der Waals surface area contributed by atoms with Crippen molar-refractivity contribution < 1.29 is 0 Å². The Hall–Kier alpha value is -1.60. The lowest BCUT2D eigenvalue weighted by atomic mass is 9.90. The fourth-order valence-electron chi connectivity index (χ4n) is 3.00. The fraction of sp³-hybridized carbons (Fsp3) is 0.647. The zero-order valence-electron chi connectivity index (χ0n) is 13.3. The van der Waals surface area contributed by atoms with Crippen molar-refractivity contribution in [3.63, 3.8) is 0 Å². The van der Waals surface area contributed by atoms with Crippen LogP contribution in [0.2, 0.25) is 0 Å². The van der Waals surface area contributed by atoms with Crippen LogP contribution in [0.1, 0.15) is 57.7 Å². The summed E-state index contributed by atoms with van der Waals surface area (Å²) < 4.78 is 1.80. The van der Waals surface area contributed by atoms with Gasteiger partial charge in [-0.3, -0.25) is 4.79 Å². The molecule has 2 heterocycles. The number of aromatic nitrogens is 1. The summed E-state index contributed by atoms with van der Waals surface area (Å²) in [6.45, 7) is 8.05. The Kier molecular flexibility index (Phi) is 4.84. The number of piperidine rings is 1. The average Bonchev–Trinajstić information content (AvgIpc) is 2.45. The molecule has 1 aromatic heterocycles. The van der Waals surface area contributed by atoms with Crippen LogP contribution in [0, 0.1) is 11.3 Å². The molecule has 0 aliphatic carbocycles. The summed E-state index contributed by atoms with van der Waals surface area (Å²) in [4.78, 5) is 12.5. The lowest BCUT2D eigenvalue weighted by Crippen LogP contribution is -2.37. The van der Waals surface area contributed by atoms with E-state index in [0.717, 1.165) is 18.7 Å². The van der Waals surface area contributed by atoms with Crippen molar-refractivity contribution in [2.45, 2.75) is 64.5 Å². The largest absolute Gasteiger partial charge is 0.314 e. The molecule has 0 saturated carbocycles. The molecule has 4 heteroatoms. The molecule has 0 radical (unpaired) electrons. The highest BCUT2D eigenvalue weighted by Crippen LogP contribution is 2.22. The van der Waals surface area contributed by atoms with Crippen molar-refractivity contribution >= 4 is 0 Å². The number of nitrogens with zero attached hydrogens (tertiary/aromatic N) is 2. The summed E-state index contributed by atoms with van der Waals surface area (Å²) in [6.07, 6.45) is 4.62. The first-order valence-corrected chi connectivity index (χ1v) is 7.81. The van der Waals surface area contributed by atoms with E-state index in [1.807, 2.05) is 12.1 Å². The normalized spacial score (nSPS) is 19.2. The molecular formula is C17H25N3O. The van der Waals surface area contributed by atoms with Crippen LogP contribution in [-0.4, -0.2) is 17.2 Å². The van der Waals surface area contributed by atoms with E-state index in [9.17, 15) is 4.79 Å². The molecule has 1 atom stereocenters. The van der Waals surface area contributed by atoms with Crippen LogP contribution in [0.5, 0.6) is 0 Å². The average molecular weight is 287 g/mol. The van der Waals surface area contributed by atoms with Crippen molar-refractivity contribution in [3.8, 4) is 6.07 Å². The predicted octanol–water partition coefficient (Wildman–Crippen LogP) is 2.55. The minimum atomic E-state index is -0.152. The molecular weight excluding hydrogens is 262 g/mol. The van der Waals surface area contributed by atoms with Gasteiger partial charge in [-0.25, -0.2) is 0 Å². The minimum Gasteiger partial charge on any atom is -0.314 e. The summed E-state index contributed by atoms with van der Waals surface area (Å²) in [5.41, 5.74) is 0.982. The maximum Gasteiger partial charge on any atom is 0.268 e. The quantitative estimate of drug-likeness (QED) is 0.929. The van der Waals surface area contributed by atoms with E-state index in [0.29, 0.717) is 12.6 Å². The highest BCUT2D eigenvalue weighted by atomic mass is 16.1. The van der Waals surface area contributed by atoms with Gasteiger partial charge >= 0.3 is 0 Å². The van der Waals surface area contributed by atoms with E-state index >= 15 is 0 Å². The van der Waals surface area contributed by atoms with Crippen LogP contribution in [0.25, 0.3) is 0 Å². The molecule has 4 nitrogen and oxygen atoms in total. The van der Waals surface area contributed by atoms with E-state index in [2.05, 4.69) is 26.1 Å². The standard InChI is InChI=1S/C17H25N3O/c1-17(2,3)15-8-7-13(12-18)16(21)20(15)11-9-14-6-4-5-10-19-14/h7-8,14,19H,4-6,9-11H2,1-3H3. The number of nitrogens with one attached hydrogen (secondary N) is 1. The molecule has 1 N–H and O–H groups in total. The van der Waals surface area contributed by atoms with Gasteiger partial charge in [0.15, 0.2) is 0 Å². The van der Waals surface area contributed by atoms with Crippen molar-refractivity contribution in [2.24, 2.45) is 0 Å². The van der Waals surface area contributed by atoms with Gasteiger partial charge in [-0.15, -0.1) is 0 Å². The first-order chi connectivity index (χ1) is 9.93. The summed E-state index contributed by atoms with van der Waals surface area (Å²) in [7, 11) is 0. The predicted molar refractivity (Wildman–Crippen MR) is 84.4 cm³/mol. The Labute approximate surface area is 126 Å². The van der Waals surface area contributed by atoms with Crippen LogP contribution >= 0.6 is 0 Å². The third-order valence-corrected chi connectivity index (χ3v) is 4.18. The summed E-state index contributed by atoms with van der Waals surface area (Å²) in [5.74, 6) is 0. The molecule has 1 saturated heterocycles. The molecule has 0 bridgehead atoms. The first kappa shape index (κ1) is 15.8. The Bertz CT molecular complexity index is 584. The molecule has 2 rings (SSSR count). The zero-order valence-corrected chi connectivity index (χ0v) is 13.3. The van der Waals surface area contributed by atoms with Gasteiger partial charge in [-0.05, 0) is 37.9 Å². The van der Waals surface area contributed by atoms with Crippen molar-refractivity contribution in [1.82, 2.24) is 9.88 Å². The maximum absolute atomic E-state index is 12.5. The summed E-state index contributed by atoms with van der Waals surface area (Å²) >= 11 is 0. The lowest BCUT2D eigenvalue weighted by Gasteiger charge is -2.27. The Morgan fingerprint density at radius 2 is 2.14 bits per heavy atom. The molecule has 1 aromatic rings. The number of rotatable bonds is 3. The van der Waals surface area contributed by atoms with E-state index in [1.165, 1.54) is 19.3 Å². The van der Waals surface area contributed by atoms with Gasteiger partial charge in [0.05, 0.1) is 0 Å². The second kappa shape index (κ2) is 6.44. The third-order valence-electron chi connectivity index (χ3n) is 4.18. The highest BCUT2D eigenvalue weighted by molar-refractivity contribution is 5.29. The highest BCUT2D eigenvalue weighted by Gasteiger charge is 2.21. The zero-order chi connectivity index (χ0) is 15.5. The number of nitriles is 1. The second-order valence-electron chi connectivity index (χ2n) is 6.89. The van der Waals surface area contributed by atoms with E-state index < -0.39 is 0 Å². The SMILES string of the molecule is CC(C)(C)c1ccc(C#N)c(=O)n1CCC1CCCCN1. The Morgan fingerprint density at radius 1 is 1.38 bits per heavy atom. The van der Waals surface area contributed by atoms with Gasteiger partial charge in [0, 0.05) is 23.7 Å². The van der Waals surface area contributed by atoms with Gasteiger partial charge < -0.3 is 9.88 Å².